The molecule has 1 fully saturated rings. The van der Waals surface area contributed by atoms with Crippen LogP contribution in [0.4, 0.5) is 5.95 Å². The average Bonchev–Trinajstić information content (AvgIpc) is 2.50. The van der Waals surface area contributed by atoms with Crippen LogP contribution in [0.5, 0.6) is 0 Å². The Labute approximate surface area is 129 Å². The molecule has 2 aromatic rings. The van der Waals surface area contributed by atoms with E-state index in [9.17, 15) is 0 Å². The Morgan fingerprint density at radius 1 is 1.00 bits per heavy atom. The lowest BCUT2D eigenvalue weighted by Crippen LogP contribution is -2.13. The predicted octanol–water partition coefficient (Wildman–Crippen LogP) is 3.75. The highest BCUT2D eigenvalue weighted by molar-refractivity contribution is 6.30. The van der Waals surface area contributed by atoms with Crippen LogP contribution in [0.2, 0.25) is 5.02 Å². The molecule has 1 aromatic heterocycles. The molecular formula is C16H19ClN4. The number of nitrogens with zero attached hydrogens (tertiary/aromatic N) is 3. The van der Waals surface area contributed by atoms with Crippen molar-refractivity contribution in [2.24, 2.45) is 0 Å². The highest BCUT2D eigenvalue weighted by Crippen LogP contribution is 2.30. The van der Waals surface area contributed by atoms with Gasteiger partial charge in [-0.25, -0.2) is 4.98 Å². The van der Waals surface area contributed by atoms with Gasteiger partial charge >= 0.3 is 0 Å². The zero-order valence-electron chi connectivity index (χ0n) is 11.9. The normalized spacial score (nSPS) is 16.0. The Hall–Kier alpha value is -1.68. The van der Waals surface area contributed by atoms with E-state index in [1.807, 2.05) is 24.3 Å². The Morgan fingerprint density at radius 2 is 1.71 bits per heavy atom. The molecule has 0 radical (unpaired) electrons. The number of nitrogen functional groups attached to an aromatic ring is 1. The second-order valence-corrected chi connectivity index (χ2v) is 6.04. The van der Waals surface area contributed by atoms with Gasteiger partial charge in [-0.1, -0.05) is 43.0 Å². The number of aromatic nitrogens is 3. The largest absolute Gasteiger partial charge is 0.368 e. The summed E-state index contributed by atoms with van der Waals surface area (Å²) in [5, 5.41) is 0.733. The first kappa shape index (κ1) is 14.3. The van der Waals surface area contributed by atoms with Crippen molar-refractivity contribution in [3.8, 4) is 0 Å². The summed E-state index contributed by atoms with van der Waals surface area (Å²) < 4.78 is 0. The van der Waals surface area contributed by atoms with Crippen LogP contribution in [-0.2, 0) is 6.42 Å². The average molecular weight is 303 g/mol. The molecule has 1 aliphatic rings. The van der Waals surface area contributed by atoms with E-state index in [2.05, 4.69) is 15.0 Å². The van der Waals surface area contributed by atoms with Crippen LogP contribution in [0.15, 0.2) is 24.3 Å². The van der Waals surface area contributed by atoms with Crippen LogP contribution < -0.4 is 5.73 Å². The number of hydrogen-bond acceptors (Lipinski definition) is 4. The van der Waals surface area contributed by atoms with Gasteiger partial charge in [0.25, 0.3) is 0 Å². The molecule has 4 nitrogen and oxygen atoms in total. The summed E-state index contributed by atoms with van der Waals surface area (Å²) in [6.07, 6.45) is 6.79. The molecule has 2 N–H and O–H groups in total. The summed E-state index contributed by atoms with van der Waals surface area (Å²) in [6.45, 7) is 0. The summed E-state index contributed by atoms with van der Waals surface area (Å²) in [5.41, 5.74) is 6.99. The maximum absolute atomic E-state index is 5.91. The van der Waals surface area contributed by atoms with E-state index in [4.69, 9.17) is 17.3 Å². The zero-order chi connectivity index (χ0) is 14.7. The Kier molecular flexibility index (Phi) is 4.34. The molecule has 1 heterocycles. The van der Waals surface area contributed by atoms with Gasteiger partial charge in [0, 0.05) is 17.4 Å². The third-order valence-corrected chi connectivity index (χ3v) is 4.21. The van der Waals surface area contributed by atoms with Crippen LogP contribution in [0.25, 0.3) is 0 Å². The van der Waals surface area contributed by atoms with Gasteiger partial charge in [-0.05, 0) is 30.5 Å². The molecule has 0 amide bonds. The number of anilines is 1. The molecule has 3 rings (SSSR count). The topological polar surface area (TPSA) is 64.7 Å². The fourth-order valence-electron chi connectivity index (χ4n) is 2.86. The fourth-order valence-corrected chi connectivity index (χ4v) is 2.99. The van der Waals surface area contributed by atoms with Gasteiger partial charge in [-0.2, -0.15) is 9.97 Å². The maximum Gasteiger partial charge on any atom is 0.223 e. The summed E-state index contributed by atoms with van der Waals surface area (Å²) in [6, 6.07) is 7.73. The van der Waals surface area contributed by atoms with Gasteiger partial charge in [0.1, 0.15) is 11.6 Å². The van der Waals surface area contributed by atoms with E-state index in [0.717, 1.165) is 35.1 Å². The zero-order valence-corrected chi connectivity index (χ0v) is 12.7. The minimum absolute atomic E-state index is 0.328. The predicted molar refractivity (Wildman–Crippen MR) is 84.3 cm³/mol. The van der Waals surface area contributed by atoms with E-state index in [0.29, 0.717) is 18.3 Å². The van der Waals surface area contributed by atoms with E-state index in [-0.39, 0.29) is 0 Å². The van der Waals surface area contributed by atoms with E-state index >= 15 is 0 Å². The Morgan fingerprint density at radius 3 is 2.43 bits per heavy atom. The van der Waals surface area contributed by atoms with Gasteiger partial charge < -0.3 is 5.73 Å². The van der Waals surface area contributed by atoms with Crippen molar-refractivity contribution < 1.29 is 0 Å². The third kappa shape index (κ3) is 3.70. The molecular weight excluding hydrogens is 284 g/mol. The number of hydrogen-bond donors (Lipinski definition) is 1. The van der Waals surface area contributed by atoms with Crippen molar-refractivity contribution in [3.63, 3.8) is 0 Å². The molecule has 0 aliphatic heterocycles. The number of nitrogens with two attached hydrogens (primary N) is 1. The number of rotatable bonds is 3. The second-order valence-electron chi connectivity index (χ2n) is 5.61. The molecule has 0 unspecified atom stereocenters. The maximum atomic E-state index is 5.91. The van der Waals surface area contributed by atoms with Crippen molar-refractivity contribution in [1.29, 1.82) is 0 Å². The van der Waals surface area contributed by atoms with E-state index in [1.54, 1.807) is 0 Å². The minimum atomic E-state index is 0.328. The van der Waals surface area contributed by atoms with Gasteiger partial charge in [0.2, 0.25) is 5.95 Å². The van der Waals surface area contributed by atoms with Crippen LogP contribution in [-0.4, -0.2) is 15.0 Å². The lowest BCUT2D eigenvalue weighted by molar-refractivity contribution is 0.427. The number of benzene rings is 1. The van der Waals surface area contributed by atoms with Crippen molar-refractivity contribution in [1.82, 2.24) is 15.0 Å². The molecule has 0 spiro atoms. The molecule has 21 heavy (non-hydrogen) atoms. The number of halogens is 1. The molecule has 1 saturated carbocycles. The minimum Gasteiger partial charge on any atom is -0.368 e. The van der Waals surface area contributed by atoms with Crippen LogP contribution in [0.3, 0.4) is 0 Å². The van der Waals surface area contributed by atoms with E-state index < -0.39 is 0 Å². The van der Waals surface area contributed by atoms with Crippen molar-refractivity contribution in [2.75, 3.05) is 5.73 Å². The summed E-state index contributed by atoms with van der Waals surface area (Å²) >= 11 is 5.91. The van der Waals surface area contributed by atoms with Crippen LogP contribution in [0, 0.1) is 0 Å². The van der Waals surface area contributed by atoms with Gasteiger partial charge in [0.05, 0.1) is 0 Å². The SMILES string of the molecule is Nc1nc(Cc2ccc(Cl)cc2)nc(C2CCCCC2)n1. The molecule has 1 aromatic carbocycles. The van der Waals surface area contributed by atoms with Crippen molar-refractivity contribution in [3.05, 3.63) is 46.5 Å². The van der Waals surface area contributed by atoms with Crippen molar-refractivity contribution in [2.45, 2.75) is 44.4 Å². The molecule has 1 aliphatic carbocycles. The highest BCUT2D eigenvalue weighted by atomic mass is 35.5. The lowest BCUT2D eigenvalue weighted by atomic mass is 9.89. The van der Waals surface area contributed by atoms with Crippen LogP contribution >= 0.6 is 11.6 Å². The fraction of sp³-hybridized carbons (Fsp3) is 0.438. The third-order valence-electron chi connectivity index (χ3n) is 3.96. The first-order valence-electron chi connectivity index (χ1n) is 7.45. The molecule has 0 atom stereocenters. The highest BCUT2D eigenvalue weighted by Gasteiger charge is 2.19. The van der Waals surface area contributed by atoms with Crippen LogP contribution in [0.1, 0.15) is 55.2 Å². The van der Waals surface area contributed by atoms with Gasteiger partial charge in [-0.3, -0.25) is 0 Å². The monoisotopic (exact) mass is 302 g/mol. The molecule has 0 saturated heterocycles. The summed E-state index contributed by atoms with van der Waals surface area (Å²) in [4.78, 5) is 13.3. The molecule has 5 heteroatoms. The quantitative estimate of drug-likeness (QED) is 0.938. The molecule has 0 bridgehead atoms. The van der Waals surface area contributed by atoms with E-state index in [1.165, 1.54) is 19.3 Å². The van der Waals surface area contributed by atoms with Gasteiger partial charge in [-0.15, -0.1) is 0 Å². The first-order valence-corrected chi connectivity index (χ1v) is 7.83. The Balaban J connectivity index is 1.81. The van der Waals surface area contributed by atoms with Crippen molar-refractivity contribution >= 4 is 17.5 Å². The summed E-state index contributed by atoms with van der Waals surface area (Å²) in [5.74, 6) is 2.37. The molecule has 110 valence electrons. The Bertz CT molecular complexity index is 606. The standard InChI is InChI=1S/C16H19ClN4/c17-13-8-6-11(7-9-13)10-14-19-15(21-16(18)20-14)12-4-2-1-3-5-12/h6-9,12H,1-5,10H2,(H2,18,19,20,21). The smallest absolute Gasteiger partial charge is 0.223 e. The van der Waals surface area contributed by atoms with Gasteiger partial charge in [0.15, 0.2) is 0 Å². The lowest BCUT2D eigenvalue weighted by Gasteiger charge is -2.20. The summed E-state index contributed by atoms with van der Waals surface area (Å²) in [7, 11) is 0. The second kappa shape index (κ2) is 6.39. The first-order chi connectivity index (χ1) is 10.2.